The van der Waals surface area contributed by atoms with Crippen LogP contribution in [0.3, 0.4) is 0 Å². The van der Waals surface area contributed by atoms with E-state index >= 15 is 0 Å². The van der Waals surface area contributed by atoms with Crippen molar-refractivity contribution in [1.29, 1.82) is 0 Å². The highest BCUT2D eigenvalue weighted by Gasteiger charge is 2.13. The number of hydrogen-bond acceptors (Lipinski definition) is 3. The molecular formula is C10H22N2O2. The van der Waals surface area contributed by atoms with Gasteiger partial charge in [0.25, 0.3) is 0 Å². The smallest absolute Gasteiger partial charge is 0.223 e. The molecule has 0 aliphatic carbocycles. The molecule has 0 fully saturated rings. The first-order chi connectivity index (χ1) is 6.47. The first-order valence-corrected chi connectivity index (χ1v) is 5.12. The third-order valence-electron chi connectivity index (χ3n) is 2.00. The highest BCUT2D eigenvalue weighted by atomic mass is 16.3. The van der Waals surface area contributed by atoms with E-state index in [1.165, 1.54) is 0 Å². The van der Waals surface area contributed by atoms with Crippen LogP contribution in [0.5, 0.6) is 0 Å². The molecule has 0 aromatic carbocycles. The lowest BCUT2D eigenvalue weighted by molar-refractivity contribution is -0.131. The molecule has 0 bridgehead atoms. The fourth-order valence-corrected chi connectivity index (χ4v) is 1.34. The summed E-state index contributed by atoms with van der Waals surface area (Å²) in [6.07, 6.45) is 0.0234. The second kappa shape index (κ2) is 6.79. The Kier molecular flexibility index (Phi) is 6.49. The molecular weight excluding hydrogens is 180 g/mol. The number of rotatable bonds is 6. The monoisotopic (exact) mass is 202 g/mol. The van der Waals surface area contributed by atoms with E-state index in [0.717, 1.165) is 6.54 Å². The van der Waals surface area contributed by atoms with Crippen LogP contribution >= 0.6 is 0 Å². The average Bonchev–Trinajstić information content (AvgIpc) is 2.02. The maximum absolute atomic E-state index is 11.5. The van der Waals surface area contributed by atoms with Crippen molar-refractivity contribution in [1.82, 2.24) is 10.2 Å². The number of likely N-dealkylation sites (N-methyl/N-ethyl adjacent to an activating group) is 1. The van der Waals surface area contributed by atoms with E-state index in [2.05, 4.69) is 5.32 Å². The highest BCUT2D eigenvalue weighted by molar-refractivity contribution is 5.76. The second-order valence-electron chi connectivity index (χ2n) is 3.79. The number of aliphatic hydroxyl groups excluding tert-OH is 1. The number of amides is 1. The van der Waals surface area contributed by atoms with Gasteiger partial charge in [-0.15, -0.1) is 0 Å². The number of hydrogen-bond donors (Lipinski definition) is 2. The molecule has 0 aliphatic rings. The quantitative estimate of drug-likeness (QED) is 0.647. The molecule has 0 saturated carbocycles. The van der Waals surface area contributed by atoms with E-state index in [4.69, 9.17) is 5.11 Å². The Morgan fingerprint density at radius 1 is 1.50 bits per heavy atom. The standard InChI is InChI=1S/C10H22N2O2/c1-5-11-8(2)6-10(14)12(4)7-9(3)13/h8-9,11,13H,5-7H2,1-4H3. The van der Waals surface area contributed by atoms with E-state index in [1.54, 1.807) is 18.9 Å². The molecule has 84 valence electrons. The Labute approximate surface area is 86.3 Å². The number of aliphatic hydroxyl groups is 1. The van der Waals surface area contributed by atoms with Crippen LogP contribution in [0.25, 0.3) is 0 Å². The summed E-state index contributed by atoms with van der Waals surface area (Å²) in [5, 5.41) is 12.3. The van der Waals surface area contributed by atoms with Crippen molar-refractivity contribution in [3.63, 3.8) is 0 Å². The van der Waals surface area contributed by atoms with Gasteiger partial charge in [0.05, 0.1) is 6.10 Å². The van der Waals surface area contributed by atoms with Gasteiger partial charge in [-0.2, -0.15) is 0 Å². The molecule has 0 saturated heterocycles. The third-order valence-corrected chi connectivity index (χ3v) is 2.00. The van der Waals surface area contributed by atoms with Crippen molar-refractivity contribution < 1.29 is 9.90 Å². The first-order valence-electron chi connectivity index (χ1n) is 5.12. The second-order valence-corrected chi connectivity index (χ2v) is 3.79. The maximum atomic E-state index is 11.5. The summed E-state index contributed by atoms with van der Waals surface area (Å²) in [5.41, 5.74) is 0. The summed E-state index contributed by atoms with van der Waals surface area (Å²) in [7, 11) is 1.72. The first kappa shape index (κ1) is 13.4. The minimum absolute atomic E-state index is 0.0688. The molecule has 0 heterocycles. The van der Waals surface area contributed by atoms with Crippen LogP contribution in [0.15, 0.2) is 0 Å². The minimum atomic E-state index is -0.460. The van der Waals surface area contributed by atoms with Crippen LogP contribution in [0.1, 0.15) is 27.2 Å². The molecule has 4 heteroatoms. The van der Waals surface area contributed by atoms with Gasteiger partial charge < -0.3 is 15.3 Å². The van der Waals surface area contributed by atoms with Gasteiger partial charge in [0.2, 0.25) is 5.91 Å². The van der Waals surface area contributed by atoms with Gasteiger partial charge >= 0.3 is 0 Å². The highest BCUT2D eigenvalue weighted by Crippen LogP contribution is 1.97. The maximum Gasteiger partial charge on any atom is 0.223 e. The molecule has 2 unspecified atom stereocenters. The molecule has 2 N–H and O–H groups in total. The van der Waals surface area contributed by atoms with E-state index in [1.807, 2.05) is 13.8 Å². The summed E-state index contributed by atoms with van der Waals surface area (Å²) in [6, 6.07) is 0.198. The van der Waals surface area contributed by atoms with Gasteiger partial charge in [0.1, 0.15) is 0 Å². The van der Waals surface area contributed by atoms with Crippen molar-refractivity contribution in [3.8, 4) is 0 Å². The lowest BCUT2D eigenvalue weighted by Crippen LogP contribution is -2.37. The van der Waals surface area contributed by atoms with Crippen LogP contribution in [-0.4, -0.2) is 48.2 Å². The lowest BCUT2D eigenvalue weighted by atomic mass is 10.2. The van der Waals surface area contributed by atoms with Crippen LogP contribution in [0.2, 0.25) is 0 Å². The third kappa shape index (κ3) is 5.94. The Morgan fingerprint density at radius 3 is 2.50 bits per heavy atom. The van der Waals surface area contributed by atoms with Gasteiger partial charge in [0.15, 0.2) is 0 Å². The molecule has 0 radical (unpaired) electrons. The largest absolute Gasteiger partial charge is 0.392 e. The van der Waals surface area contributed by atoms with E-state index in [-0.39, 0.29) is 11.9 Å². The summed E-state index contributed by atoms with van der Waals surface area (Å²) >= 11 is 0. The summed E-state index contributed by atoms with van der Waals surface area (Å²) in [5.74, 6) is 0.0688. The van der Waals surface area contributed by atoms with Crippen LogP contribution in [-0.2, 0) is 4.79 Å². The van der Waals surface area contributed by atoms with Gasteiger partial charge in [-0.1, -0.05) is 6.92 Å². The Hall–Kier alpha value is -0.610. The number of carbonyl (C=O) groups excluding carboxylic acids is 1. The van der Waals surface area contributed by atoms with Gasteiger partial charge in [-0.25, -0.2) is 0 Å². The van der Waals surface area contributed by atoms with Crippen LogP contribution in [0.4, 0.5) is 0 Å². The number of carbonyl (C=O) groups is 1. The minimum Gasteiger partial charge on any atom is -0.392 e. The fraction of sp³-hybridized carbons (Fsp3) is 0.900. The molecule has 4 nitrogen and oxygen atoms in total. The molecule has 14 heavy (non-hydrogen) atoms. The predicted molar refractivity (Wildman–Crippen MR) is 57.1 cm³/mol. The fourth-order valence-electron chi connectivity index (χ4n) is 1.34. The van der Waals surface area contributed by atoms with Crippen LogP contribution < -0.4 is 5.32 Å². The van der Waals surface area contributed by atoms with Crippen molar-refractivity contribution in [3.05, 3.63) is 0 Å². The van der Waals surface area contributed by atoms with E-state index in [9.17, 15) is 4.79 Å². The lowest BCUT2D eigenvalue weighted by Gasteiger charge is -2.21. The molecule has 0 spiro atoms. The Morgan fingerprint density at radius 2 is 2.07 bits per heavy atom. The Bertz CT molecular complexity index is 172. The zero-order valence-corrected chi connectivity index (χ0v) is 9.58. The zero-order valence-electron chi connectivity index (χ0n) is 9.58. The Balaban J connectivity index is 3.82. The summed E-state index contributed by atoms with van der Waals surface area (Å²) in [4.78, 5) is 13.1. The zero-order chi connectivity index (χ0) is 11.1. The summed E-state index contributed by atoms with van der Waals surface area (Å²) in [6.45, 7) is 6.95. The molecule has 0 aromatic rings. The van der Waals surface area contributed by atoms with Gasteiger partial charge in [-0.05, 0) is 20.4 Å². The number of nitrogens with one attached hydrogen (secondary N) is 1. The van der Waals surface area contributed by atoms with E-state index < -0.39 is 6.10 Å². The number of nitrogens with zero attached hydrogens (tertiary/aromatic N) is 1. The van der Waals surface area contributed by atoms with Crippen molar-refractivity contribution in [2.75, 3.05) is 20.1 Å². The average molecular weight is 202 g/mol. The van der Waals surface area contributed by atoms with E-state index in [0.29, 0.717) is 13.0 Å². The van der Waals surface area contributed by atoms with Crippen molar-refractivity contribution >= 4 is 5.91 Å². The SMILES string of the molecule is CCNC(C)CC(=O)N(C)CC(C)O. The molecule has 1 amide bonds. The van der Waals surface area contributed by atoms with Gasteiger partial charge in [-0.3, -0.25) is 4.79 Å². The molecule has 2 atom stereocenters. The summed E-state index contributed by atoms with van der Waals surface area (Å²) < 4.78 is 0. The molecule has 0 aliphatic heterocycles. The van der Waals surface area contributed by atoms with Crippen molar-refractivity contribution in [2.24, 2.45) is 0 Å². The molecule has 0 aromatic heterocycles. The molecule has 0 rings (SSSR count). The predicted octanol–water partition coefficient (Wildman–Crippen LogP) is 0.214. The normalized spacial score (nSPS) is 14.9. The van der Waals surface area contributed by atoms with Gasteiger partial charge in [0, 0.05) is 26.1 Å². The van der Waals surface area contributed by atoms with Crippen LogP contribution in [0, 0.1) is 0 Å². The van der Waals surface area contributed by atoms with Crippen molar-refractivity contribution in [2.45, 2.75) is 39.3 Å². The topological polar surface area (TPSA) is 52.6 Å².